The fourth-order valence-corrected chi connectivity index (χ4v) is 17.7. The van der Waals surface area contributed by atoms with Crippen molar-refractivity contribution in [1.29, 1.82) is 0 Å². The number of carbonyl (C=O) groups is 16. The number of likely N-dealkylation sites (tertiary alicyclic amines) is 1. The van der Waals surface area contributed by atoms with Crippen LogP contribution in [-0.4, -0.2) is 248 Å². The molecular weight excluding hydrogens is 1810 g/mol. The molecule has 39 nitrogen and oxygen atoms in total. The van der Waals surface area contributed by atoms with Gasteiger partial charge in [0.05, 0.1) is 67.6 Å². The number of amides is 16. The Hall–Kier alpha value is -13.4. The van der Waals surface area contributed by atoms with Crippen LogP contribution in [-0.2, 0) is 96.1 Å². The number of aliphatic hydroxyl groups is 2. The predicted molar refractivity (Wildman–Crippen MR) is 513 cm³/mol. The molecule has 39 heteroatoms. The first-order chi connectivity index (χ1) is 66.1. The van der Waals surface area contributed by atoms with Gasteiger partial charge in [0.1, 0.15) is 48.9 Å². The third-order valence-corrected chi connectivity index (χ3v) is 25.7. The summed E-state index contributed by atoms with van der Waals surface area (Å²) in [7, 11) is 2.88. The second-order valence-corrected chi connectivity index (χ2v) is 39.2. The zero-order valence-electron chi connectivity index (χ0n) is 82.6. The number of hydrogen-bond acceptors (Lipinski definition) is 25. The number of benzene rings is 4. The van der Waals surface area contributed by atoms with Crippen molar-refractivity contribution in [3.63, 3.8) is 0 Å². The van der Waals surface area contributed by atoms with E-state index in [1.165, 1.54) is 54.9 Å². The second kappa shape index (κ2) is 46.1. The summed E-state index contributed by atoms with van der Waals surface area (Å²) in [5.41, 5.74) is 0.578. The van der Waals surface area contributed by atoms with Gasteiger partial charge in [-0.2, -0.15) is 0 Å². The molecule has 140 heavy (non-hydrogen) atoms. The summed E-state index contributed by atoms with van der Waals surface area (Å²) in [6.07, 6.45) is 7.27. The fourth-order valence-electron chi connectivity index (χ4n) is 17.7. The molecule has 756 valence electrons. The van der Waals surface area contributed by atoms with Gasteiger partial charge in [-0.05, 0) is 199 Å². The minimum Gasteiger partial charge on any atom is -0.496 e. The molecule has 11 rings (SSSR count). The number of aryl methyl sites for hydroxylation is 1. The van der Waals surface area contributed by atoms with Crippen molar-refractivity contribution in [2.24, 2.45) is 11.8 Å². The van der Waals surface area contributed by atoms with Crippen LogP contribution < -0.4 is 61.2 Å². The maximum absolute atomic E-state index is 14.6. The monoisotopic (exact) mass is 1940 g/mol. The Balaban J connectivity index is 0.645. The number of unbranched alkanes of at least 4 members (excludes halogenated alkanes) is 3. The average molecular weight is 1940 g/mol. The van der Waals surface area contributed by atoms with Crippen LogP contribution in [0.2, 0.25) is 0 Å². The van der Waals surface area contributed by atoms with Crippen molar-refractivity contribution in [2.75, 3.05) is 67.6 Å². The van der Waals surface area contributed by atoms with E-state index in [2.05, 4.69) is 37.2 Å². The molecule has 4 aromatic carbocycles. The van der Waals surface area contributed by atoms with Crippen LogP contribution >= 0.6 is 0 Å². The van der Waals surface area contributed by atoms with Crippen molar-refractivity contribution in [3.05, 3.63) is 148 Å². The van der Waals surface area contributed by atoms with Crippen LogP contribution in [0.4, 0.5) is 32.3 Å². The molecule has 7 aliphatic heterocycles. The van der Waals surface area contributed by atoms with Gasteiger partial charge in [-0.15, -0.1) is 0 Å². The lowest BCUT2D eigenvalue weighted by molar-refractivity contribution is -0.173. The van der Waals surface area contributed by atoms with Crippen molar-refractivity contribution >= 4 is 118 Å². The smallest absolute Gasteiger partial charge is 0.416 e. The molecule has 9 atom stereocenters. The van der Waals surface area contributed by atoms with E-state index >= 15 is 0 Å². The molecule has 1 unspecified atom stereocenters. The molecule has 0 aromatic heterocycles. The van der Waals surface area contributed by atoms with Gasteiger partial charge in [-0.1, -0.05) is 75.9 Å². The summed E-state index contributed by atoms with van der Waals surface area (Å²) in [6, 6.07) is 12.9. The molecule has 9 N–H and O–H groups in total. The summed E-state index contributed by atoms with van der Waals surface area (Å²) < 4.78 is 42.4. The van der Waals surface area contributed by atoms with Crippen molar-refractivity contribution in [3.8, 4) is 17.2 Å². The summed E-state index contributed by atoms with van der Waals surface area (Å²) >= 11 is 0. The van der Waals surface area contributed by atoms with E-state index in [0.717, 1.165) is 55.0 Å². The minimum absolute atomic E-state index is 0.00209. The Kier molecular flexibility index (Phi) is 35.3. The molecular formula is C101H132N14O25. The average Bonchev–Trinajstić information content (AvgIpc) is 1.60. The Bertz CT molecular complexity index is 5480. The SMILES string of the molecule is COc1cc2c(cc1CCCCCCOc1cc3c(cc1OC)C(=O)N1C=C(C)C[C@H]1[C@H](O)N3C(=O)OCc1ccc(NC(=O)[C@H](C)NC(=O)[C@@H](NC(=O)CCC(C)(C)OCCC(C)(C)NC(=O)CCN3C(=O)C=CC3=O)C(C)C)cc1)N(C(=O)OCc1ccc(NC(=O)[C@H](C)NC(=O)[C@H](C(C)C)N3C(=O)CCC3(C)OCCC(C)(C)NC(=O)CCN3C(=O)C=CC3=O)cc1)[C@@H](O)[C@@H]1CC(C)=CN1C2=O. The first-order valence-corrected chi connectivity index (χ1v) is 47.4. The lowest BCUT2D eigenvalue weighted by Crippen LogP contribution is -2.60. The standard InChI is InChI=1S/C101H132N14O25/c1-58(2)86(106-78(116)35-39-100(13,14)139-46-41-98(9,10)107-79(117)37-43-109-81(119)31-32-82(109)120)90(126)102-62(7)88(124)104-67-27-23-65(24-28-67)57-138-97(133)114-72-53-77(76(135-17)52-70(72)93(129)112-55-61(6)49-74(112)95(114)131)136-45-21-19-18-20-22-66-50-71-69(51-75(66)134-16)92(128)111-54-60(5)48-73(111)94(130)113(71)96(132)137-56-64-25-29-68(30-26-64)105-89(125)63(8)103-91(127)87(59(3)4)115-85(123)36-40-101(115,15)140-47-42-99(11,12)108-80(118)38-44-110-83(121)33-34-84(110)122/h23-34,50-55,58-59,62-63,73-74,86-87,94-95,130-131H,18-22,35-49,56-57H2,1-17H3,(H,102,126)(H,103,127)(H,104,124)(H,105,125)(H,106,116)(H,107,117)(H,108,118)/t62-,63-,73-,74-,86-,87-,94-,95-,101?/m0/s1. The molecule has 1 fully saturated rings. The van der Waals surface area contributed by atoms with E-state index in [-0.39, 0.29) is 155 Å². The van der Waals surface area contributed by atoms with Gasteiger partial charge in [0.2, 0.25) is 47.3 Å². The second-order valence-electron chi connectivity index (χ2n) is 39.2. The summed E-state index contributed by atoms with van der Waals surface area (Å²) in [4.78, 5) is 222. The highest BCUT2D eigenvalue weighted by molar-refractivity contribution is 6.14. The predicted octanol–water partition coefficient (Wildman–Crippen LogP) is 9.26. The highest BCUT2D eigenvalue weighted by atomic mass is 16.6. The van der Waals surface area contributed by atoms with Gasteiger partial charge >= 0.3 is 12.2 Å². The molecule has 0 saturated carbocycles. The van der Waals surface area contributed by atoms with Crippen LogP contribution in [0.1, 0.15) is 231 Å². The quantitative estimate of drug-likeness (QED) is 0.0147. The van der Waals surface area contributed by atoms with Crippen LogP contribution in [0, 0.1) is 11.8 Å². The lowest BCUT2D eigenvalue weighted by Gasteiger charge is -2.42. The molecule has 0 spiro atoms. The fraction of sp³-hybridized carbons (Fsp3) is 0.525. The number of methoxy groups -OCH3 is 2. The number of nitrogens with one attached hydrogen (secondary N) is 7. The minimum atomic E-state index is -1.60. The van der Waals surface area contributed by atoms with Crippen molar-refractivity contribution < 1.29 is 120 Å². The Morgan fingerprint density at radius 2 is 0.964 bits per heavy atom. The zero-order chi connectivity index (χ0) is 102. The zero-order valence-corrected chi connectivity index (χ0v) is 82.6. The number of hydrogen-bond donors (Lipinski definition) is 9. The highest BCUT2D eigenvalue weighted by Gasteiger charge is 2.52. The number of imide groups is 2. The van der Waals surface area contributed by atoms with Crippen LogP contribution in [0.3, 0.4) is 0 Å². The maximum Gasteiger partial charge on any atom is 0.416 e. The summed E-state index contributed by atoms with van der Waals surface area (Å²) in [5.74, 6) is -6.73. The molecule has 1 saturated heterocycles. The molecule has 0 bridgehead atoms. The molecule has 0 aliphatic carbocycles. The normalized spacial score (nSPS) is 19.3. The third kappa shape index (κ3) is 26.8. The van der Waals surface area contributed by atoms with Gasteiger partial charge in [0.15, 0.2) is 24.0 Å². The Morgan fingerprint density at radius 1 is 0.507 bits per heavy atom. The van der Waals surface area contributed by atoms with Gasteiger partial charge in [0, 0.05) is 117 Å². The van der Waals surface area contributed by atoms with E-state index in [0.29, 0.717) is 78.8 Å². The first-order valence-electron chi connectivity index (χ1n) is 47.4. The first kappa shape index (κ1) is 107. The van der Waals surface area contributed by atoms with Crippen molar-refractivity contribution in [2.45, 2.75) is 284 Å². The molecule has 0 radical (unpaired) electrons. The summed E-state index contributed by atoms with van der Waals surface area (Å²) in [5, 5.41) is 44.0. The molecule has 4 aromatic rings. The van der Waals surface area contributed by atoms with Gasteiger partial charge in [0.25, 0.3) is 35.4 Å². The molecule has 7 aliphatic rings. The number of nitrogens with zero attached hydrogens (tertiary/aromatic N) is 7. The largest absolute Gasteiger partial charge is 0.496 e. The van der Waals surface area contributed by atoms with E-state index in [1.54, 1.807) is 128 Å². The number of rotatable bonds is 45. The van der Waals surface area contributed by atoms with Crippen LogP contribution in [0.25, 0.3) is 0 Å². The lowest BCUT2D eigenvalue weighted by atomic mass is 9.98. The van der Waals surface area contributed by atoms with E-state index in [4.69, 9.17) is 33.2 Å². The number of fused-ring (bicyclic) bond motifs is 4. The van der Waals surface area contributed by atoms with Gasteiger partial charge in [-0.25, -0.2) is 19.4 Å². The van der Waals surface area contributed by atoms with Crippen molar-refractivity contribution in [1.82, 2.24) is 51.1 Å². The van der Waals surface area contributed by atoms with Gasteiger partial charge < -0.3 is 95.3 Å². The Morgan fingerprint density at radius 3 is 1.44 bits per heavy atom. The molecule has 7 heterocycles. The maximum atomic E-state index is 14.6. The number of aliphatic hydroxyl groups excluding tert-OH is 2. The third-order valence-electron chi connectivity index (χ3n) is 25.7. The number of ether oxygens (including phenoxy) is 7. The number of carbonyl (C=O) groups excluding carboxylic acids is 16. The topological polar surface area (TPSA) is 485 Å². The Labute approximate surface area is 814 Å². The van der Waals surface area contributed by atoms with Crippen LogP contribution in [0.15, 0.2) is 121 Å². The van der Waals surface area contributed by atoms with Crippen LogP contribution in [0.5, 0.6) is 17.2 Å². The van der Waals surface area contributed by atoms with E-state index < -0.39 is 154 Å². The van der Waals surface area contributed by atoms with E-state index in [9.17, 15) is 86.9 Å². The summed E-state index contributed by atoms with van der Waals surface area (Å²) in [6.45, 7) is 26.0. The van der Waals surface area contributed by atoms with Gasteiger partial charge in [-0.3, -0.25) is 76.9 Å². The molecule has 16 amide bonds. The number of anilines is 4. The highest BCUT2D eigenvalue weighted by Crippen LogP contribution is 2.45. The van der Waals surface area contributed by atoms with E-state index in [1.807, 2.05) is 34.6 Å².